The number of benzene rings is 1. The zero-order chi connectivity index (χ0) is 24.3. The second kappa shape index (κ2) is 7.59. The van der Waals surface area contributed by atoms with Gasteiger partial charge in [-0.15, -0.1) is 5.10 Å². The molecule has 1 fully saturated rings. The first kappa shape index (κ1) is 22.5. The second-order valence-corrected chi connectivity index (χ2v) is 10.9. The van der Waals surface area contributed by atoms with Gasteiger partial charge in [0.05, 0.1) is 6.20 Å². The Balaban J connectivity index is 1.38. The molecule has 11 heteroatoms. The highest BCUT2D eigenvalue weighted by Crippen LogP contribution is 2.38. The molecule has 3 N–H and O–H groups in total. The topological polar surface area (TPSA) is 115 Å². The summed E-state index contributed by atoms with van der Waals surface area (Å²) in [5.74, 6) is 1.24. The molecule has 3 aromatic rings. The highest BCUT2D eigenvalue weighted by molar-refractivity contribution is 5.63. The minimum Gasteiger partial charge on any atom is -0.478 e. The number of nitrogens with zero attached hydrogens (tertiary/aromatic N) is 6. The smallest absolute Gasteiger partial charge is 0.229 e. The van der Waals surface area contributed by atoms with Crippen molar-refractivity contribution in [2.45, 2.75) is 77.1 Å². The Hall–Kier alpha value is -3.34. The molecule has 2 aromatic heterocycles. The molecule has 0 amide bonds. The first-order chi connectivity index (χ1) is 15.9. The number of piperidine rings is 1. The van der Waals surface area contributed by atoms with Gasteiger partial charge in [-0.05, 0) is 83.0 Å². The first-order valence-corrected chi connectivity index (χ1v) is 11.4. The first-order valence-electron chi connectivity index (χ1n) is 11.4. The van der Waals surface area contributed by atoms with Crippen molar-refractivity contribution in [2.24, 2.45) is 0 Å². The highest BCUT2D eigenvalue weighted by Gasteiger charge is 2.38. The van der Waals surface area contributed by atoms with Gasteiger partial charge in [-0.2, -0.15) is 9.67 Å². The van der Waals surface area contributed by atoms with Crippen molar-refractivity contribution >= 4 is 17.5 Å². The van der Waals surface area contributed by atoms with Crippen LogP contribution < -0.4 is 20.7 Å². The largest absolute Gasteiger partial charge is 0.478 e. The number of tetrazole rings is 1. The standard InChI is InChI=1S/C23H30FN9O/c1-21(2)10-14(11-22(3,4)30-21)26-18-15(24)12-25-20(28-18)27-13-7-8-17-16(9-13)33-19(29-31-32-33)23(5,6)34-17/h7-9,12,14,30H,10-11H2,1-6H3,(H2,25,26,27,28). The molecule has 0 aliphatic carbocycles. The molecule has 1 aromatic carbocycles. The Bertz CT molecular complexity index is 1220. The number of fused-ring (bicyclic) bond motifs is 3. The monoisotopic (exact) mass is 467 g/mol. The molecule has 2 aliphatic rings. The summed E-state index contributed by atoms with van der Waals surface area (Å²) < 4.78 is 22.3. The van der Waals surface area contributed by atoms with Gasteiger partial charge in [-0.3, -0.25) is 0 Å². The molecule has 0 spiro atoms. The van der Waals surface area contributed by atoms with E-state index in [9.17, 15) is 4.39 Å². The predicted octanol–water partition coefficient (Wildman–Crippen LogP) is 3.68. The van der Waals surface area contributed by atoms with E-state index in [1.165, 1.54) is 6.20 Å². The number of ether oxygens (including phenoxy) is 1. The lowest BCUT2D eigenvalue weighted by atomic mass is 9.79. The second-order valence-electron chi connectivity index (χ2n) is 10.9. The average molecular weight is 468 g/mol. The Morgan fingerprint density at radius 3 is 2.59 bits per heavy atom. The number of aromatic nitrogens is 6. The van der Waals surface area contributed by atoms with Gasteiger partial charge in [0.25, 0.3) is 0 Å². The fourth-order valence-corrected chi connectivity index (χ4v) is 5.17. The Kier molecular flexibility index (Phi) is 5.01. The van der Waals surface area contributed by atoms with Gasteiger partial charge in [-0.25, -0.2) is 9.37 Å². The Morgan fingerprint density at radius 1 is 1.12 bits per heavy atom. The van der Waals surface area contributed by atoms with E-state index < -0.39 is 11.4 Å². The van der Waals surface area contributed by atoms with Crippen LogP contribution >= 0.6 is 0 Å². The van der Waals surface area contributed by atoms with Gasteiger partial charge in [0.1, 0.15) is 11.4 Å². The van der Waals surface area contributed by atoms with E-state index in [1.807, 2.05) is 32.0 Å². The van der Waals surface area contributed by atoms with Gasteiger partial charge >= 0.3 is 0 Å². The van der Waals surface area contributed by atoms with Crippen LogP contribution in [0.2, 0.25) is 0 Å². The summed E-state index contributed by atoms with van der Waals surface area (Å²) in [4.78, 5) is 8.55. The number of halogens is 1. The summed E-state index contributed by atoms with van der Waals surface area (Å²) in [7, 11) is 0. The number of hydrogen-bond donors (Lipinski definition) is 3. The fraction of sp³-hybridized carbons (Fsp3) is 0.522. The van der Waals surface area contributed by atoms with Crippen LogP contribution in [0.4, 0.5) is 21.8 Å². The van der Waals surface area contributed by atoms with E-state index in [2.05, 4.69) is 69.1 Å². The van der Waals surface area contributed by atoms with Crippen molar-refractivity contribution in [1.82, 2.24) is 35.5 Å². The van der Waals surface area contributed by atoms with Crippen molar-refractivity contribution in [3.8, 4) is 11.4 Å². The van der Waals surface area contributed by atoms with Crippen LogP contribution in [0.1, 0.15) is 60.2 Å². The lowest BCUT2D eigenvalue weighted by molar-refractivity contribution is 0.0854. The maximum Gasteiger partial charge on any atom is 0.229 e. The van der Waals surface area contributed by atoms with Crippen LogP contribution in [0.5, 0.6) is 5.75 Å². The predicted molar refractivity (Wildman–Crippen MR) is 126 cm³/mol. The minimum absolute atomic E-state index is 0.0706. The quantitative estimate of drug-likeness (QED) is 0.528. The maximum absolute atomic E-state index is 14.6. The molecule has 1 saturated heterocycles. The van der Waals surface area contributed by atoms with E-state index in [0.717, 1.165) is 12.8 Å². The molecular weight excluding hydrogens is 437 g/mol. The maximum atomic E-state index is 14.6. The number of nitrogens with one attached hydrogen (secondary N) is 3. The molecule has 0 radical (unpaired) electrons. The van der Waals surface area contributed by atoms with Crippen molar-refractivity contribution in [1.29, 1.82) is 0 Å². The molecular formula is C23H30FN9O. The Labute approximate surface area is 197 Å². The van der Waals surface area contributed by atoms with Crippen LogP contribution in [0.25, 0.3) is 5.69 Å². The molecule has 0 atom stereocenters. The fourth-order valence-electron chi connectivity index (χ4n) is 5.17. The van der Waals surface area contributed by atoms with Gasteiger partial charge in [-0.1, -0.05) is 0 Å². The minimum atomic E-state index is -0.649. The van der Waals surface area contributed by atoms with Crippen molar-refractivity contribution in [3.05, 3.63) is 36.0 Å². The van der Waals surface area contributed by atoms with Gasteiger partial charge in [0, 0.05) is 22.8 Å². The normalized spacial score (nSPS) is 20.1. The van der Waals surface area contributed by atoms with E-state index >= 15 is 0 Å². The summed E-state index contributed by atoms with van der Waals surface area (Å²) >= 11 is 0. The molecule has 180 valence electrons. The summed E-state index contributed by atoms with van der Waals surface area (Å²) in [5.41, 5.74) is 0.607. The third-order valence-corrected chi connectivity index (χ3v) is 6.09. The summed E-state index contributed by atoms with van der Waals surface area (Å²) in [6, 6.07) is 5.61. The zero-order valence-corrected chi connectivity index (χ0v) is 20.3. The van der Waals surface area contributed by atoms with Crippen molar-refractivity contribution in [2.75, 3.05) is 10.6 Å². The van der Waals surface area contributed by atoms with Crippen molar-refractivity contribution < 1.29 is 9.13 Å². The van der Waals surface area contributed by atoms with Gasteiger partial charge in [0.15, 0.2) is 23.1 Å². The Morgan fingerprint density at radius 2 is 1.85 bits per heavy atom. The summed E-state index contributed by atoms with van der Waals surface area (Å²) in [6.07, 6.45) is 2.87. The van der Waals surface area contributed by atoms with Crippen LogP contribution in [0.15, 0.2) is 24.4 Å². The lowest BCUT2D eigenvalue weighted by Crippen LogP contribution is -2.60. The van der Waals surface area contributed by atoms with E-state index in [0.29, 0.717) is 22.9 Å². The number of hydrogen-bond acceptors (Lipinski definition) is 9. The third kappa shape index (κ3) is 4.27. The molecule has 0 bridgehead atoms. The molecule has 10 nitrogen and oxygen atoms in total. The molecule has 0 unspecified atom stereocenters. The zero-order valence-electron chi connectivity index (χ0n) is 20.3. The van der Waals surface area contributed by atoms with E-state index in [-0.39, 0.29) is 28.9 Å². The highest BCUT2D eigenvalue weighted by atomic mass is 19.1. The molecule has 5 rings (SSSR count). The SMILES string of the molecule is CC1(C)CC(Nc2nc(Nc3ccc4c(c3)-n3nnnc3C(C)(C)O4)ncc2F)CC(C)(C)N1. The van der Waals surface area contributed by atoms with Gasteiger partial charge in [0.2, 0.25) is 5.95 Å². The third-order valence-electron chi connectivity index (χ3n) is 6.09. The molecule has 0 saturated carbocycles. The van der Waals surface area contributed by atoms with E-state index in [4.69, 9.17) is 4.74 Å². The van der Waals surface area contributed by atoms with E-state index in [1.54, 1.807) is 4.68 Å². The molecule has 2 aliphatic heterocycles. The van der Waals surface area contributed by atoms with Crippen LogP contribution in [-0.4, -0.2) is 47.3 Å². The average Bonchev–Trinajstić information content (AvgIpc) is 3.20. The van der Waals surface area contributed by atoms with Crippen LogP contribution in [0.3, 0.4) is 0 Å². The lowest BCUT2D eigenvalue weighted by Gasteiger charge is -2.46. The van der Waals surface area contributed by atoms with Crippen LogP contribution in [0, 0.1) is 5.82 Å². The summed E-state index contributed by atoms with van der Waals surface area (Å²) in [5, 5.41) is 22.1. The van der Waals surface area contributed by atoms with Gasteiger partial charge < -0.3 is 20.7 Å². The number of anilines is 3. The molecule has 4 heterocycles. The molecule has 34 heavy (non-hydrogen) atoms. The summed E-state index contributed by atoms with van der Waals surface area (Å²) in [6.45, 7) is 12.4. The number of rotatable bonds is 4. The van der Waals surface area contributed by atoms with Crippen molar-refractivity contribution in [3.63, 3.8) is 0 Å². The van der Waals surface area contributed by atoms with Crippen LogP contribution in [-0.2, 0) is 5.60 Å².